The maximum Gasteiger partial charge on any atom is 0.422 e. The number of H-pyrrole nitrogens is 1. The lowest BCUT2D eigenvalue weighted by atomic mass is 9.74. The van der Waals surface area contributed by atoms with Gasteiger partial charge in [0.1, 0.15) is 11.5 Å². The molecule has 37 heavy (non-hydrogen) atoms. The van der Waals surface area contributed by atoms with E-state index < -0.39 is 35.2 Å². The smallest absolute Gasteiger partial charge is 0.422 e. The molecule has 3 aromatic carbocycles. The van der Waals surface area contributed by atoms with Crippen molar-refractivity contribution in [2.75, 3.05) is 7.11 Å². The van der Waals surface area contributed by atoms with Gasteiger partial charge in [-0.15, -0.1) is 0 Å². The van der Waals surface area contributed by atoms with Crippen LogP contribution in [0.15, 0.2) is 65.7 Å². The average Bonchev–Trinajstić information content (AvgIpc) is 3.27. The number of alkyl halides is 3. The lowest BCUT2D eigenvalue weighted by Crippen LogP contribution is -2.50. The normalized spacial score (nSPS) is 14.3. The first kappa shape index (κ1) is 26.3. The first-order valence-electron chi connectivity index (χ1n) is 11.3. The number of aliphatic hydroxyl groups is 1. The molecule has 0 bridgehead atoms. The third-order valence-corrected chi connectivity index (χ3v) is 6.20. The number of rotatable bonds is 7. The van der Waals surface area contributed by atoms with Gasteiger partial charge in [0.15, 0.2) is 17.2 Å². The van der Waals surface area contributed by atoms with Crippen LogP contribution in [0.25, 0.3) is 22.2 Å². The lowest BCUT2D eigenvalue weighted by molar-refractivity contribution is -0.234. The van der Waals surface area contributed by atoms with E-state index in [9.17, 15) is 27.1 Å². The van der Waals surface area contributed by atoms with Crippen molar-refractivity contribution >= 4 is 22.8 Å². The van der Waals surface area contributed by atoms with Crippen molar-refractivity contribution in [1.82, 2.24) is 10.2 Å². The van der Waals surface area contributed by atoms with E-state index >= 15 is 0 Å². The van der Waals surface area contributed by atoms with Crippen molar-refractivity contribution in [1.29, 1.82) is 0 Å². The Balaban J connectivity index is 1.78. The SMILES string of the molecule is COc1c(F)cccc1C(C)(C)CC(O)(C=Nc1cccc2[nH]nc(-c3ccc(F)cc3)c12)C(F)(F)F. The van der Waals surface area contributed by atoms with E-state index in [1.165, 1.54) is 63.4 Å². The molecule has 4 rings (SSSR count). The highest BCUT2D eigenvalue weighted by atomic mass is 19.4. The van der Waals surface area contributed by atoms with Crippen LogP contribution in [0.2, 0.25) is 0 Å². The van der Waals surface area contributed by atoms with Gasteiger partial charge in [-0.25, -0.2) is 8.78 Å². The van der Waals surface area contributed by atoms with Crippen LogP contribution in [-0.4, -0.2) is 40.4 Å². The first-order chi connectivity index (χ1) is 17.4. The van der Waals surface area contributed by atoms with Gasteiger partial charge in [-0.05, 0) is 54.3 Å². The van der Waals surface area contributed by atoms with Gasteiger partial charge < -0.3 is 9.84 Å². The van der Waals surface area contributed by atoms with Gasteiger partial charge in [-0.1, -0.05) is 32.0 Å². The van der Waals surface area contributed by atoms with Crippen molar-refractivity contribution in [3.63, 3.8) is 0 Å². The molecule has 2 N–H and O–H groups in total. The quantitative estimate of drug-likeness (QED) is 0.207. The molecule has 0 saturated heterocycles. The van der Waals surface area contributed by atoms with Gasteiger partial charge >= 0.3 is 6.18 Å². The molecule has 0 aliphatic rings. The molecule has 1 atom stereocenters. The number of aliphatic imine (C=N–C) groups is 1. The predicted molar refractivity (Wildman–Crippen MR) is 131 cm³/mol. The summed E-state index contributed by atoms with van der Waals surface area (Å²) in [5, 5.41) is 18.3. The molecule has 194 valence electrons. The van der Waals surface area contributed by atoms with Gasteiger partial charge in [0.2, 0.25) is 0 Å². The summed E-state index contributed by atoms with van der Waals surface area (Å²) < 4.78 is 75.5. The summed E-state index contributed by atoms with van der Waals surface area (Å²) in [7, 11) is 1.22. The number of nitrogens with zero attached hydrogens (tertiary/aromatic N) is 2. The molecule has 0 fully saturated rings. The monoisotopic (exact) mass is 517 g/mol. The van der Waals surface area contributed by atoms with Crippen molar-refractivity contribution in [2.24, 2.45) is 4.99 Å². The number of para-hydroxylation sites is 1. The average molecular weight is 517 g/mol. The highest BCUT2D eigenvalue weighted by Gasteiger charge is 2.55. The van der Waals surface area contributed by atoms with Crippen LogP contribution in [0.4, 0.5) is 27.6 Å². The van der Waals surface area contributed by atoms with Crippen LogP contribution in [0.5, 0.6) is 5.75 Å². The number of methoxy groups -OCH3 is 1. The minimum atomic E-state index is -5.10. The number of benzene rings is 3. The van der Waals surface area contributed by atoms with E-state index in [2.05, 4.69) is 15.2 Å². The first-order valence-corrected chi connectivity index (χ1v) is 11.3. The van der Waals surface area contributed by atoms with Crippen molar-refractivity contribution in [3.05, 3.63) is 77.9 Å². The van der Waals surface area contributed by atoms with Gasteiger partial charge in [0, 0.05) is 17.3 Å². The zero-order valence-corrected chi connectivity index (χ0v) is 20.2. The summed E-state index contributed by atoms with van der Waals surface area (Å²) in [5.74, 6) is -1.37. The van der Waals surface area contributed by atoms with Crippen LogP contribution in [0, 0.1) is 11.6 Å². The maximum atomic E-state index is 14.3. The van der Waals surface area contributed by atoms with Gasteiger partial charge in [-0.3, -0.25) is 10.1 Å². The molecule has 0 spiro atoms. The van der Waals surface area contributed by atoms with Crippen LogP contribution in [-0.2, 0) is 5.41 Å². The molecule has 0 radical (unpaired) electrons. The third-order valence-electron chi connectivity index (χ3n) is 6.20. The molecule has 0 saturated carbocycles. The largest absolute Gasteiger partial charge is 0.493 e. The van der Waals surface area contributed by atoms with Crippen molar-refractivity contribution < 1.29 is 31.8 Å². The Kier molecular flexibility index (Phi) is 6.81. The fourth-order valence-electron chi connectivity index (χ4n) is 4.39. The second-order valence-corrected chi connectivity index (χ2v) is 9.34. The van der Waals surface area contributed by atoms with Crippen LogP contribution in [0.1, 0.15) is 25.8 Å². The Morgan fingerprint density at radius 1 is 1.00 bits per heavy atom. The summed E-state index contributed by atoms with van der Waals surface area (Å²) in [6.45, 7) is 2.91. The fourth-order valence-corrected chi connectivity index (χ4v) is 4.39. The van der Waals surface area contributed by atoms with Gasteiger partial charge in [-0.2, -0.15) is 18.3 Å². The fraction of sp³-hybridized carbons (Fsp3) is 0.259. The Labute approximate surface area is 209 Å². The highest BCUT2D eigenvalue weighted by molar-refractivity contribution is 6.02. The topological polar surface area (TPSA) is 70.5 Å². The number of halogens is 5. The number of aromatic nitrogens is 2. The van der Waals surface area contributed by atoms with E-state index in [1.54, 1.807) is 12.1 Å². The number of hydrogen-bond acceptors (Lipinski definition) is 4. The maximum absolute atomic E-state index is 14.3. The number of hydrogen-bond donors (Lipinski definition) is 2. The molecule has 5 nitrogen and oxygen atoms in total. The van der Waals surface area contributed by atoms with Crippen LogP contribution >= 0.6 is 0 Å². The third kappa shape index (κ3) is 5.06. The Morgan fingerprint density at radius 2 is 1.68 bits per heavy atom. The van der Waals surface area contributed by atoms with Crippen molar-refractivity contribution in [2.45, 2.75) is 37.5 Å². The summed E-state index contributed by atoms with van der Waals surface area (Å²) in [6, 6.07) is 14.2. The molecule has 0 aliphatic heterocycles. The second-order valence-electron chi connectivity index (χ2n) is 9.34. The summed E-state index contributed by atoms with van der Waals surface area (Å²) >= 11 is 0. The molecule has 1 aromatic heterocycles. The zero-order chi connectivity index (χ0) is 27.0. The molecule has 1 unspecified atom stereocenters. The molecular formula is C27H24F5N3O2. The summed E-state index contributed by atoms with van der Waals surface area (Å²) in [5.41, 5.74) is -3.06. The molecule has 1 heterocycles. The second kappa shape index (κ2) is 9.59. The minimum absolute atomic E-state index is 0.120. The van der Waals surface area contributed by atoms with E-state index in [0.29, 0.717) is 28.4 Å². The molecular weight excluding hydrogens is 493 g/mol. The lowest BCUT2D eigenvalue weighted by Gasteiger charge is -2.36. The summed E-state index contributed by atoms with van der Waals surface area (Å²) in [6.07, 6.45) is -5.51. The van der Waals surface area contributed by atoms with Crippen molar-refractivity contribution in [3.8, 4) is 17.0 Å². The number of ether oxygens (including phenoxy) is 1. The molecule has 10 heteroatoms. The highest BCUT2D eigenvalue weighted by Crippen LogP contribution is 2.44. The van der Waals surface area contributed by atoms with E-state index in [1.807, 2.05) is 0 Å². The molecule has 0 aliphatic carbocycles. The zero-order valence-electron chi connectivity index (χ0n) is 20.2. The van der Waals surface area contributed by atoms with E-state index in [0.717, 1.165) is 6.07 Å². The molecule has 0 amide bonds. The number of fused-ring (bicyclic) bond motifs is 1. The Bertz CT molecular complexity index is 1440. The van der Waals surface area contributed by atoms with Crippen LogP contribution in [0.3, 0.4) is 0 Å². The number of aromatic amines is 1. The van der Waals surface area contributed by atoms with Crippen LogP contribution < -0.4 is 4.74 Å². The Hall–Kier alpha value is -3.79. The van der Waals surface area contributed by atoms with E-state index in [-0.39, 0.29) is 17.0 Å². The Morgan fingerprint density at radius 3 is 2.32 bits per heavy atom. The molecule has 4 aromatic rings. The van der Waals surface area contributed by atoms with Gasteiger partial charge in [0.05, 0.1) is 23.7 Å². The number of nitrogens with one attached hydrogen (secondary N) is 1. The summed E-state index contributed by atoms with van der Waals surface area (Å²) in [4.78, 5) is 4.05. The predicted octanol–water partition coefficient (Wildman–Crippen LogP) is 6.88. The minimum Gasteiger partial charge on any atom is -0.493 e. The van der Waals surface area contributed by atoms with E-state index in [4.69, 9.17) is 4.74 Å². The standard InChI is InChI=1S/C27H24F5N3O2/c1-25(2,18-6-4-7-19(29)24(18)37-3)14-26(36,27(30,31)32)15-33-20-8-5-9-21-22(20)23(35-34-21)16-10-12-17(28)13-11-16/h4-13,15,36H,14H2,1-3H3,(H,34,35). The van der Waals surface area contributed by atoms with Gasteiger partial charge in [0.25, 0.3) is 0 Å².